The molecular formula is C7H17F2NSi. The molecule has 0 aromatic rings. The molecule has 0 unspecified atom stereocenters. The van der Waals surface area contributed by atoms with E-state index in [-0.39, 0.29) is 12.1 Å². The van der Waals surface area contributed by atoms with Crippen molar-refractivity contribution in [2.75, 3.05) is 0 Å². The second-order valence-corrected chi connectivity index (χ2v) is 5.64. The maximum Gasteiger partial charge on any atom is 0.504 e. The highest BCUT2D eigenvalue weighted by Gasteiger charge is 2.40. The molecule has 0 radical (unpaired) electrons. The van der Waals surface area contributed by atoms with Crippen molar-refractivity contribution in [1.29, 1.82) is 0 Å². The van der Waals surface area contributed by atoms with Crippen molar-refractivity contribution in [2.24, 2.45) is 0 Å². The first-order valence-corrected chi connectivity index (χ1v) is 6.13. The normalized spacial score (nSPS) is 13.6. The van der Waals surface area contributed by atoms with Crippen LogP contribution in [0.25, 0.3) is 0 Å². The molecular weight excluding hydrogens is 164 g/mol. The molecule has 0 heterocycles. The first-order chi connectivity index (χ1) is 4.76. The Kier molecular flexibility index (Phi) is 3.64. The number of halogens is 2. The minimum Gasteiger partial charge on any atom is -0.269 e. The van der Waals surface area contributed by atoms with Crippen LogP contribution in [-0.2, 0) is 0 Å². The Hall–Kier alpha value is 0.0369. The fourth-order valence-corrected chi connectivity index (χ4v) is 3.32. The number of nitrogens with zero attached hydrogens (tertiary/aromatic N) is 1. The third-order valence-corrected chi connectivity index (χ3v) is 3.51. The summed E-state index contributed by atoms with van der Waals surface area (Å²) in [4.78, 5) is 0. The molecule has 0 saturated carbocycles. The fourth-order valence-electron chi connectivity index (χ4n) is 1.50. The van der Waals surface area contributed by atoms with Crippen LogP contribution in [0.3, 0.4) is 0 Å². The van der Waals surface area contributed by atoms with Crippen LogP contribution >= 0.6 is 0 Å². The monoisotopic (exact) mass is 181 g/mol. The van der Waals surface area contributed by atoms with Gasteiger partial charge in [-0.05, 0) is 0 Å². The van der Waals surface area contributed by atoms with E-state index in [1.165, 1.54) is 4.57 Å². The molecule has 68 valence electrons. The molecule has 0 rings (SSSR count). The predicted molar refractivity (Wildman–Crippen MR) is 45.9 cm³/mol. The van der Waals surface area contributed by atoms with Gasteiger partial charge in [-0.3, -0.25) is 12.8 Å². The Morgan fingerprint density at radius 2 is 1.27 bits per heavy atom. The molecule has 0 atom stereocenters. The minimum absolute atomic E-state index is 0.0540. The van der Waals surface area contributed by atoms with Gasteiger partial charge in [0.2, 0.25) is 0 Å². The molecule has 1 nitrogen and oxygen atoms in total. The van der Waals surface area contributed by atoms with E-state index in [0.29, 0.717) is 0 Å². The summed E-state index contributed by atoms with van der Waals surface area (Å²) < 4.78 is 27.2. The average Bonchev–Trinajstić information content (AvgIpc) is 1.54. The quantitative estimate of drug-likeness (QED) is 0.478. The number of hydrogen-bond acceptors (Lipinski definition) is 1. The molecule has 0 aliphatic rings. The van der Waals surface area contributed by atoms with Crippen LogP contribution in [-0.4, -0.2) is 25.6 Å². The van der Waals surface area contributed by atoms with Crippen molar-refractivity contribution in [3.63, 3.8) is 0 Å². The van der Waals surface area contributed by atoms with Gasteiger partial charge in [0.15, 0.2) is 0 Å². The molecule has 0 amide bonds. The lowest BCUT2D eigenvalue weighted by Crippen LogP contribution is -2.52. The van der Waals surface area contributed by atoms with E-state index in [0.717, 1.165) is 6.55 Å². The molecule has 0 aromatic heterocycles. The lowest BCUT2D eigenvalue weighted by Gasteiger charge is -2.33. The largest absolute Gasteiger partial charge is 0.504 e. The van der Waals surface area contributed by atoms with Gasteiger partial charge in [-0.2, -0.15) is 0 Å². The maximum atomic E-state index is 13.0. The first-order valence-electron chi connectivity index (χ1n) is 3.93. The van der Waals surface area contributed by atoms with Gasteiger partial charge in [0, 0.05) is 18.6 Å². The van der Waals surface area contributed by atoms with Gasteiger partial charge >= 0.3 is 8.90 Å². The first kappa shape index (κ1) is 11.0. The Labute approximate surface area is 68.8 Å². The number of hydrogen-bond donors (Lipinski definition) is 0. The predicted octanol–water partition coefficient (Wildman–Crippen LogP) is 2.61. The zero-order valence-corrected chi connectivity index (χ0v) is 8.86. The van der Waals surface area contributed by atoms with E-state index in [4.69, 9.17) is 0 Å². The van der Waals surface area contributed by atoms with Crippen molar-refractivity contribution in [3.05, 3.63) is 0 Å². The van der Waals surface area contributed by atoms with Crippen molar-refractivity contribution >= 4 is 8.90 Å². The van der Waals surface area contributed by atoms with Crippen molar-refractivity contribution < 1.29 is 8.22 Å². The van der Waals surface area contributed by atoms with Crippen LogP contribution in [0.4, 0.5) is 8.22 Å². The van der Waals surface area contributed by atoms with E-state index >= 15 is 0 Å². The van der Waals surface area contributed by atoms with E-state index in [1.54, 1.807) is 0 Å². The maximum absolute atomic E-state index is 13.0. The van der Waals surface area contributed by atoms with Gasteiger partial charge in [-0.15, -0.1) is 0 Å². The Bertz CT molecular complexity index is 112. The lowest BCUT2D eigenvalue weighted by molar-refractivity contribution is 0.241. The number of rotatable bonds is 3. The zero-order chi connectivity index (χ0) is 9.23. The fraction of sp³-hybridized carbons (Fsp3) is 1.00. The molecule has 0 fully saturated rings. The topological polar surface area (TPSA) is 3.24 Å². The molecule has 0 spiro atoms. The summed E-state index contributed by atoms with van der Waals surface area (Å²) in [6, 6.07) is -0.108. The average molecular weight is 181 g/mol. The summed E-state index contributed by atoms with van der Waals surface area (Å²) in [7, 11) is -4.08. The van der Waals surface area contributed by atoms with Crippen LogP contribution < -0.4 is 0 Å². The molecule has 0 saturated heterocycles. The summed E-state index contributed by atoms with van der Waals surface area (Å²) in [5, 5.41) is 0. The smallest absolute Gasteiger partial charge is 0.269 e. The van der Waals surface area contributed by atoms with Crippen LogP contribution in [0, 0.1) is 0 Å². The van der Waals surface area contributed by atoms with E-state index in [9.17, 15) is 8.22 Å². The molecule has 0 N–H and O–H groups in total. The summed E-state index contributed by atoms with van der Waals surface area (Å²) >= 11 is 0. The van der Waals surface area contributed by atoms with Crippen LogP contribution in [0.1, 0.15) is 27.7 Å². The molecule has 0 bridgehead atoms. The highest BCUT2D eigenvalue weighted by Crippen LogP contribution is 2.19. The lowest BCUT2D eigenvalue weighted by atomic mass is 10.3. The van der Waals surface area contributed by atoms with E-state index in [2.05, 4.69) is 0 Å². The summed E-state index contributed by atoms with van der Waals surface area (Å²) in [5.74, 6) is 0. The molecule has 0 aliphatic heterocycles. The molecule has 0 aliphatic carbocycles. The Balaban J connectivity index is 4.35. The van der Waals surface area contributed by atoms with Gasteiger partial charge in [0.05, 0.1) is 0 Å². The van der Waals surface area contributed by atoms with Gasteiger partial charge in [-0.1, -0.05) is 27.7 Å². The summed E-state index contributed by atoms with van der Waals surface area (Å²) in [6.07, 6.45) is 0. The SMILES string of the molecule is CC(C)N(C(C)C)[Si](C)(F)F. The Morgan fingerprint density at radius 1 is 1.00 bits per heavy atom. The second kappa shape index (κ2) is 3.63. The standard InChI is InChI=1S/C7H17F2NSi/c1-6(2)10(7(3)4)11(5,8)9/h6-7H,1-5H3. The highest BCUT2D eigenvalue weighted by molar-refractivity contribution is 6.61. The van der Waals surface area contributed by atoms with Crippen molar-refractivity contribution in [2.45, 2.75) is 46.3 Å². The van der Waals surface area contributed by atoms with Crippen LogP contribution in [0.2, 0.25) is 6.55 Å². The summed E-state index contributed by atoms with van der Waals surface area (Å²) in [5.41, 5.74) is 0. The summed E-state index contributed by atoms with van der Waals surface area (Å²) in [6.45, 7) is 8.32. The van der Waals surface area contributed by atoms with E-state index in [1.807, 2.05) is 27.7 Å². The van der Waals surface area contributed by atoms with Gasteiger partial charge < -0.3 is 0 Å². The van der Waals surface area contributed by atoms with Gasteiger partial charge in [0.1, 0.15) is 0 Å². The van der Waals surface area contributed by atoms with Crippen LogP contribution in [0.5, 0.6) is 0 Å². The van der Waals surface area contributed by atoms with Crippen molar-refractivity contribution in [1.82, 2.24) is 4.57 Å². The Morgan fingerprint density at radius 3 is 1.27 bits per heavy atom. The van der Waals surface area contributed by atoms with Crippen LogP contribution in [0.15, 0.2) is 0 Å². The van der Waals surface area contributed by atoms with Gasteiger partial charge in [0.25, 0.3) is 0 Å². The van der Waals surface area contributed by atoms with Crippen molar-refractivity contribution in [3.8, 4) is 0 Å². The third-order valence-electron chi connectivity index (χ3n) is 1.57. The minimum atomic E-state index is -4.08. The second-order valence-electron chi connectivity index (χ2n) is 3.44. The molecule has 4 heteroatoms. The highest BCUT2D eigenvalue weighted by atomic mass is 28.4. The zero-order valence-electron chi connectivity index (χ0n) is 7.86. The van der Waals surface area contributed by atoms with E-state index < -0.39 is 8.90 Å². The third kappa shape index (κ3) is 3.29. The van der Waals surface area contributed by atoms with Gasteiger partial charge in [-0.25, -0.2) is 0 Å². The molecule has 0 aromatic carbocycles. The molecule has 11 heavy (non-hydrogen) atoms.